The van der Waals surface area contributed by atoms with Crippen LogP contribution < -0.4 is 5.73 Å². The molecule has 0 aromatic heterocycles. The Morgan fingerprint density at radius 1 is 1.30 bits per heavy atom. The number of likely N-dealkylation sites (tertiary alicyclic amines) is 1. The summed E-state index contributed by atoms with van der Waals surface area (Å²) in [6.07, 6.45) is 1.97. The fourth-order valence-electron chi connectivity index (χ4n) is 2.57. The van der Waals surface area contributed by atoms with Gasteiger partial charge in [-0.15, -0.1) is 0 Å². The molecule has 0 saturated carbocycles. The van der Waals surface area contributed by atoms with Crippen molar-refractivity contribution in [2.75, 3.05) is 6.54 Å². The monoisotopic (exact) mass is 338 g/mol. The number of rotatable bonds is 3. The second kappa shape index (κ2) is 6.39. The van der Waals surface area contributed by atoms with Crippen LogP contribution in [0.2, 0.25) is 0 Å². The van der Waals surface area contributed by atoms with Gasteiger partial charge in [0.2, 0.25) is 11.8 Å². The van der Waals surface area contributed by atoms with Gasteiger partial charge in [0.15, 0.2) is 0 Å². The summed E-state index contributed by atoms with van der Waals surface area (Å²) < 4.78 is 0.994. The molecule has 5 heteroatoms. The van der Waals surface area contributed by atoms with E-state index in [4.69, 9.17) is 5.73 Å². The lowest BCUT2D eigenvalue weighted by Crippen LogP contribution is -2.49. The van der Waals surface area contributed by atoms with Gasteiger partial charge in [-0.25, -0.2) is 0 Å². The van der Waals surface area contributed by atoms with Crippen molar-refractivity contribution in [3.63, 3.8) is 0 Å². The van der Waals surface area contributed by atoms with Crippen molar-refractivity contribution in [1.29, 1.82) is 0 Å². The first-order valence-electron chi connectivity index (χ1n) is 6.80. The Morgan fingerprint density at radius 2 is 1.95 bits per heavy atom. The van der Waals surface area contributed by atoms with Gasteiger partial charge in [-0.2, -0.15) is 0 Å². The number of halogens is 1. The van der Waals surface area contributed by atoms with E-state index in [1.807, 2.05) is 31.2 Å². The van der Waals surface area contributed by atoms with E-state index >= 15 is 0 Å². The zero-order chi connectivity index (χ0) is 14.7. The van der Waals surface area contributed by atoms with E-state index in [1.165, 1.54) is 0 Å². The maximum absolute atomic E-state index is 12.4. The quantitative estimate of drug-likeness (QED) is 0.917. The summed E-state index contributed by atoms with van der Waals surface area (Å²) in [7, 11) is 0. The lowest BCUT2D eigenvalue weighted by atomic mass is 9.92. The van der Waals surface area contributed by atoms with Gasteiger partial charge in [-0.1, -0.05) is 28.1 Å². The molecule has 4 nitrogen and oxygen atoms in total. The number of carbonyl (C=O) groups excluding carboxylic acids is 2. The first-order valence-corrected chi connectivity index (χ1v) is 7.60. The maximum atomic E-state index is 12.4. The number of hydrogen-bond acceptors (Lipinski definition) is 2. The zero-order valence-corrected chi connectivity index (χ0v) is 13.1. The Labute approximate surface area is 127 Å². The molecule has 108 valence electrons. The molecule has 1 aromatic carbocycles. The van der Waals surface area contributed by atoms with Gasteiger partial charge >= 0.3 is 0 Å². The minimum atomic E-state index is -0.307. The molecule has 0 spiro atoms. The normalized spacial score (nSPS) is 22.6. The van der Waals surface area contributed by atoms with E-state index in [0.29, 0.717) is 13.0 Å². The summed E-state index contributed by atoms with van der Waals surface area (Å²) in [5.41, 5.74) is 6.34. The Hall–Kier alpha value is -1.36. The van der Waals surface area contributed by atoms with Crippen LogP contribution in [0.15, 0.2) is 28.7 Å². The average molecular weight is 339 g/mol. The number of primary amides is 1. The summed E-state index contributed by atoms with van der Waals surface area (Å²) >= 11 is 3.37. The van der Waals surface area contributed by atoms with Crippen molar-refractivity contribution in [3.05, 3.63) is 34.3 Å². The van der Waals surface area contributed by atoms with Crippen LogP contribution in [0, 0.1) is 5.92 Å². The van der Waals surface area contributed by atoms with Gasteiger partial charge in [0.1, 0.15) is 0 Å². The molecule has 1 heterocycles. The minimum absolute atomic E-state index is 0.0609. The Bertz CT molecular complexity index is 501. The first kappa shape index (κ1) is 15.0. The topological polar surface area (TPSA) is 63.4 Å². The molecule has 2 atom stereocenters. The third kappa shape index (κ3) is 3.60. The number of piperidine rings is 1. The maximum Gasteiger partial charge on any atom is 0.227 e. The molecule has 1 aliphatic rings. The van der Waals surface area contributed by atoms with E-state index in [0.717, 1.165) is 22.9 Å². The molecule has 1 fully saturated rings. The lowest BCUT2D eigenvalue weighted by Gasteiger charge is -2.37. The molecule has 0 unspecified atom stereocenters. The highest BCUT2D eigenvalue weighted by Crippen LogP contribution is 2.22. The van der Waals surface area contributed by atoms with Gasteiger partial charge < -0.3 is 10.6 Å². The molecule has 2 rings (SSSR count). The zero-order valence-electron chi connectivity index (χ0n) is 11.5. The summed E-state index contributed by atoms with van der Waals surface area (Å²) in [5.74, 6) is -0.454. The average Bonchev–Trinajstić information content (AvgIpc) is 2.41. The van der Waals surface area contributed by atoms with Gasteiger partial charge in [0.25, 0.3) is 0 Å². The van der Waals surface area contributed by atoms with E-state index in [1.54, 1.807) is 4.90 Å². The largest absolute Gasteiger partial charge is 0.369 e. The second-order valence-electron chi connectivity index (χ2n) is 5.38. The predicted octanol–water partition coefficient (Wildman–Crippen LogP) is 2.10. The van der Waals surface area contributed by atoms with Crippen molar-refractivity contribution < 1.29 is 9.59 Å². The fraction of sp³-hybridized carbons (Fsp3) is 0.467. The predicted molar refractivity (Wildman–Crippen MR) is 80.9 cm³/mol. The molecule has 1 aliphatic heterocycles. The highest BCUT2D eigenvalue weighted by atomic mass is 79.9. The number of nitrogens with two attached hydrogens (primary N) is 1. The Morgan fingerprint density at radius 3 is 2.55 bits per heavy atom. The van der Waals surface area contributed by atoms with Crippen LogP contribution in [0.25, 0.3) is 0 Å². The molecule has 20 heavy (non-hydrogen) atoms. The van der Waals surface area contributed by atoms with Crippen LogP contribution in [-0.2, 0) is 16.0 Å². The summed E-state index contributed by atoms with van der Waals surface area (Å²) in [4.78, 5) is 25.5. The Balaban J connectivity index is 2.03. The van der Waals surface area contributed by atoms with Crippen LogP contribution in [0.1, 0.15) is 25.3 Å². The van der Waals surface area contributed by atoms with Crippen molar-refractivity contribution >= 4 is 27.7 Å². The molecule has 1 saturated heterocycles. The van der Waals surface area contributed by atoms with Gasteiger partial charge in [-0.05, 0) is 37.5 Å². The van der Waals surface area contributed by atoms with Crippen LogP contribution in [0.3, 0.4) is 0 Å². The number of amides is 2. The van der Waals surface area contributed by atoms with Gasteiger partial charge in [0, 0.05) is 17.1 Å². The summed E-state index contributed by atoms with van der Waals surface area (Å²) in [5, 5.41) is 0. The SMILES string of the molecule is C[C@@H]1CC[C@@H](C(N)=O)CN1C(=O)Cc1ccc(Br)cc1. The molecular formula is C15H19BrN2O2. The third-order valence-electron chi connectivity index (χ3n) is 3.87. The van der Waals surface area contributed by atoms with Crippen LogP contribution in [-0.4, -0.2) is 29.3 Å². The lowest BCUT2D eigenvalue weighted by molar-refractivity contribution is -0.136. The second-order valence-corrected chi connectivity index (χ2v) is 6.29. The summed E-state index contributed by atoms with van der Waals surface area (Å²) in [6.45, 7) is 2.47. The van der Waals surface area contributed by atoms with Crippen molar-refractivity contribution in [2.24, 2.45) is 11.7 Å². The van der Waals surface area contributed by atoms with Gasteiger partial charge in [0.05, 0.1) is 12.3 Å². The highest BCUT2D eigenvalue weighted by molar-refractivity contribution is 9.10. The fourth-order valence-corrected chi connectivity index (χ4v) is 2.83. The molecular weight excluding hydrogens is 320 g/mol. The molecule has 0 bridgehead atoms. The van der Waals surface area contributed by atoms with E-state index in [-0.39, 0.29) is 23.8 Å². The number of benzene rings is 1. The highest BCUT2D eigenvalue weighted by Gasteiger charge is 2.31. The van der Waals surface area contributed by atoms with Crippen LogP contribution in [0.4, 0.5) is 0 Å². The Kier molecular flexibility index (Phi) is 4.81. The molecule has 0 radical (unpaired) electrons. The van der Waals surface area contributed by atoms with E-state index in [2.05, 4.69) is 15.9 Å². The molecule has 2 amide bonds. The standard InChI is InChI=1S/C15H19BrN2O2/c1-10-2-5-12(15(17)20)9-18(10)14(19)8-11-3-6-13(16)7-4-11/h3-4,6-7,10,12H,2,5,8-9H2,1H3,(H2,17,20)/t10-,12-/m1/s1. The minimum Gasteiger partial charge on any atom is -0.369 e. The molecule has 2 N–H and O–H groups in total. The van der Waals surface area contributed by atoms with E-state index in [9.17, 15) is 9.59 Å². The van der Waals surface area contributed by atoms with E-state index < -0.39 is 0 Å². The summed E-state index contributed by atoms with van der Waals surface area (Å²) in [6, 6.07) is 7.89. The molecule has 1 aromatic rings. The van der Waals surface area contributed by atoms with Crippen LogP contribution >= 0.6 is 15.9 Å². The van der Waals surface area contributed by atoms with Gasteiger partial charge in [-0.3, -0.25) is 9.59 Å². The van der Waals surface area contributed by atoms with Crippen molar-refractivity contribution in [1.82, 2.24) is 4.90 Å². The number of nitrogens with zero attached hydrogens (tertiary/aromatic N) is 1. The third-order valence-corrected chi connectivity index (χ3v) is 4.40. The van der Waals surface area contributed by atoms with Crippen LogP contribution in [0.5, 0.6) is 0 Å². The van der Waals surface area contributed by atoms with Crippen molar-refractivity contribution in [3.8, 4) is 0 Å². The number of carbonyl (C=O) groups is 2. The van der Waals surface area contributed by atoms with Crippen molar-refractivity contribution in [2.45, 2.75) is 32.2 Å². The first-order chi connectivity index (χ1) is 9.47. The number of hydrogen-bond donors (Lipinski definition) is 1. The smallest absolute Gasteiger partial charge is 0.227 e. The molecule has 0 aliphatic carbocycles.